The lowest BCUT2D eigenvalue weighted by molar-refractivity contribution is -0.124. The van der Waals surface area contributed by atoms with E-state index < -0.39 is 6.04 Å². The summed E-state index contributed by atoms with van der Waals surface area (Å²) in [5.74, 6) is -0.277. The quantitative estimate of drug-likeness (QED) is 0.509. The lowest BCUT2D eigenvalue weighted by Gasteiger charge is -2.34. The van der Waals surface area contributed by atoms with Crippen molar-refractivity contribution in [1.82, 2.24) is 19.8 Å². The Morgan fingerprint density at radius 3 is 2.51 bits per heavy atom. The standard InChI is InChI=1S/C16H19N3O3S.C11H15FN2/c1-9-12(7-20)23-15-13(9)16(22)19(8-17-15)10(2)14(21)18-11-5-3-4-6-11;1-13-6-8-14(9-7-13)11-5-3-2-4-10(11)12/h7-8,10-11H,3-6H2,1-2H3,(H,18,21);2-5H,6-9H2,1H3. The maximum atomic E-state index is 13.4. The lowest BCUT2D eigenvalue weighted by Crippen LogP contribution is -2.44. The molecule has 1 aromatic carbocycles. The van der Waals surface area contributed by atoms with Gasteiger partial charge in [0.2, 0.25) is 5.91 Å². The summed E-state index contributed by atoms with van der Waals surface area (Å²) in [7, 11) is 2.10. The third-order valence-corrected chi connectivity index (χ3v) is 8.34. The van der Waals surface area contributed by atoms with E-state index in [1.807, 2.05) is 12.1 Å². The summed E-state index contributed by atoms with van der Waals surface area (Å²) in [5.41, 5.74) is 1.10. The Bertz CT molecular complexity index is 1310. The highest BCUT2D eigenvalue weighted by atomic mass is 32.1. The molecule has 1 aliphatic heterocycles. The van der Waals surface area contributed by atoms with Crippen LogP contribution in [0.4, 0.5) is 10.1 Å². The molecule has 1 saturated carbocycles. The molecule has 0 bridgehead atoms. The van der Waals surface area contributed by atoms with Crippen molar-refractivity contribution in [2.45, 2.75) is 51.6 Å². The molecule has 2 aliphatic rings. The highest BCUT2D eigenvalue weighted by molar-refractivity contribution is 7.20. The first-order valence-corrected chi connectivity index (χ1v) is 13.6. The van der Waals surface area contributed by atoms with Gasteiger partial charge in [0.05, 0.1) is 22.3 Å². The van der Waals surface area contributed by atoms with Crippen molar-refractivity contribution in [2.24, 2.45) is 0 Å². The van der Waals surface area contributed by atoms with E-state index in [9.17, 15) is 18.8 Å². The number of benzene rings is 1. The molecule has 3 heterocycles. The van der Waals surface area contributed by atoms with E-state index in [0.29, 0.717) is 20.7 Å². The summed E-state index contributed by atoms with van der Waals surface area (Å²) >= 11 is 1.20. The number of amides is 1. The maximum Gasteiger partial charge on any atom is 0.263 e. The van der Waals surface area contributed by atoms with Gasteiger partial charge in [0, 0.05) is 32.2 Å². The van der Waals surface area contributed by atoms with E-state index >= 15 is 0 Å². The van der Waals surface area contributed by atoms with Gasteiger partial charge in [-0.15, -0.1) is 11.3 Å². The predicted molar refractivity (Wildman–Crippen MR) is 145 cm³/mol. The van der Waals surface area contributed by atoms with Crippen LogP contribution in [0.1, 0.15) is 53.9 Å². The minimum atomic E-state index is -0.626. The number of nitrogens with one attached hydrogen (secondary N) is 1. The van der Waals surface area contributed by atoms with Gasteiger partial charge in [0.1, 0.15) is 16.7 Å². The molecule has 10 heteroatoms. The van der Waals surface area contributed by atoms with Crippen molar-refractivity contribution < 1.29 is 14.0 Å². The van der Waals surface area contributed by atoms with Crippen LogP contribution in [0.25, 0.3) is 10.2 Å². The Labute approximate surface area is 220 Å². The number of thiophene rings is 1. The minimum absolute atomic E-state index is 0.114. The molecule has 0 radical (unpaired) electrons. The number of aryl methyl sites for hydroxylation is 1. The van der Waals surface area contributed by atoms with Gasteiger partial charge in [0.25, 0.3) is 5.56 Å². The van der Waals surface area contributed by atoms with Crippen LogP contribution >= 0.6 is 11.3 Å². The van der Waals surface area contributed by atoms with Crippen molar-refractivity contribution in [3.63, 3.8) is 0 Å². The van der Waals surface area contributed by atoms with E-state index in [2.05, 4.69) is 27.1 Å². The fourth-order valence-corrected chi connectivity index (χ4v) is 5.77. The normalized spacial score (nSPS) is 17.4. The fraction of sp³-hybridized carbons (Fsp3) is 0.481. The van der Waals surface area contributed by atoms with Gasteiger partial charge in [-0.05, 0) is 51.4 Å². The Kier molecular flexibility index (Phi) is 8.71. The summed E-state index contributed by atoms with van der Waals surface area (Å²) in [6, 6.07) is 6.57. The van der Waals surface area contributed by atoms with Gasteiger partial charge in [-0.2, -0.15) is 0 Å². The zero-order valence-corrected chi connectivity index (χ0v) is 22.4. The number of hydrogen-bond acceptors (Lipinski definition) is 7. The first-order valence-electron chi connectivity index (χ1n) is 12.7. The van der Waals surface area contributed by atoms with Crippen molar-refractivity contribution in [3.05, 3.63) is 57.2 Å². The number of rotatable bonds is 5. The van der Waals surface area contributed by atoms with Crippen LogP contribution in [0.5, 0.6) is 0 Å². The Hall–Kier alpha value is -3.11. The number of aldehydes is 1. The number of anilines is 1. The molecule has 8 nitrogen and oxygen atoms in total. The lowest BCUT2D eigenvalue weighted by atomic mass is 10.2. The maximum absolute atomic E-state index is 13.4. The third-order valence-electron chi connectivity index (χ3n) is 7.21. The number of aromatic nitrogens is 2. The van der Waals surface area contributed by atoms with E-state index in [-0.39, 0.29) is 23.3 Å². The average molecular weight is 528 g/mol. The number of nitrogens with zero attached hydrogens (tertiary/aromatic N) is 4. The average Bonchev–Trinajstić information content (AvgIpc) is 3.53. The van der Waals surface area contributed by atoms with Crippen LogP contribution in [0.3, 0.4) is 0 Å². The number of likely N-dealkylation sites (N-methyl/N-ethyl adjacent to an activating group) is 1. The molecule has 1 aliphatic carbocycles. The van der Waals surface area contributed by atoms with E-state index in [1.54, 1.807) is 19.9 Å². The van der Waals surface area contributed by atoms with Gasteiger partial charge in [-0.1, -0.05) is 25.0 Å². The second kappa shape index (κ2) is 12.0. The number of fused-ring (bicyclic) bond motifs is 1. The van der Waals surface area contributed by atoms with Gasteiger partial charge in [-0.25, -0.2) is 9.37 Å². The van der Waals surface area contributed by atoms with Crippen LogP contribution in [0.2, 0.25) is 0 Å². The summed E-state index contributed by atoms with van der Waals surface area (Å²) in [5, 5.41) is 3.43. The van der Waals surface area contributed by atoms with Crippen molar-refractivity contribution >= 4 is 39.4 Å². The van der Waals surface area contributed by atoms with Crippen molar-refractivity contribution in [3.8, 4) is 0 Å². The summed E-state index contributed by atoms with van der Waals surface area (Å²) in [6.07, 6.45) is 6.40. The first kappa shape index (κ1) is 26.9. The Balaban J connectivity index is 0.000000195. The van der Waals surface area contributed by atoms with Crippen LogP contribution < -0.4 is 15.8 Å². The van der Waals surface area contributed by atoms with Crippen LogP contribution in [0, 0.1) is 12.7 Å². The molecular weight excluding hydrogens is 493 g/mol. The molecule has 3 aromatic rings. The summed E-state index contributed by atoms with van der Waals surface area (Å²) in [4.78, 5) is 45.8. The molecule has 1 atom stereocenters. The number of piperazine rings is 1. The Morgan fingerprint density at radius 2 is 1.86 bits per heavy atom. The number of hydrogen-bond donors (Lipinski definition) is 1. The fourth-order valence-electron chi connectivity index (χ4n) is 4.82. The second-order valence-electron chi connectivity index (χ2n) is 9.75. The molecule has 1 amide bonds. The van der Waals surface area contributed by atoms with E-state index in [4.69, 9.17) is 0 Å². The molecule has 1 N–H and O–H groups in total. The van der Waals surface area contributed by atoms with Gasteiger partial charge in [-0.3, -0.25) is 19.0 Å². The molecule has 37 heavy (non-hydrogen) atoms. The molecule has 2 fully saturated rings. The predicted octanol–water partition coefficient (Wildman–Crippen LogP) is 3.78. The number of carbonyl (C=O) groups excluding carboxylic acids is 2. The molecule has 198 valence electrons. The largest absolute Gasteiger partial charge is 0.367 e. The van der Waals surface area contributed by atoms with Crippen LogP contribution in [-0.2, 0) is 4.79 Å². The molecule has 5 rings (SSSR count). The zero-order chi connectivity index (χ0) is 26.5. The molecular formula is C27H34FN5O3S. The van der Waals surface area contributed by atoms with E-state index in [0.717, 1.165) is 63.8 Å². The zero-order valence-electron chi connectivity index (χ0n) is 21.6. The van der Waals surface area contributed by atoms with Gasteiger partial charge < -0.3 is 15.1 Å². The smallest absolute Gasteiger partial charge is 0.263 e. The Morgan fingerprint density at radius 1 is 1.19 bits per heavy atom. The topological polar surface area (TPSA) is 87.5 Å². The van der Waals surface area contributed by atoms with Crippen molar-refractivity contribution in [1.29, 1.82) is 0 Å². The minimum Gasteiger partial charge on any atom is -0.367 e. The highest BCUT2D eigenvalue weighted by Gasteiger charge is 2.24. The molecule has 1 unspecified atom stereocenters. The number of para-hydroxylation sites is 1. The van der Waals surface area contributed by atoms with Crippen LogP contribution in [-0.4, -0.2) is 65.9 Å². The summed E-state index contributed by atoms with van der Waals surface area (Å²) < 4.78 is 14.8. The van der Waals surface area contributed by atoms with Crippen molar-refractivity contribution in [2.75, 3.05) is 38.1 Å². The first-order chi connectivity index (χ1) is 17.8. The van der Waals surface area contributed by atoms with E-state index in [1.165, 1.54) is 28.3 Å². The number of halogens is 1. The van der Waals surface area contributed by atoms with Gasteiger partial charge >= 0.3 is 0 Å². The van der Waals surface area contributed by atoms with Gasteiger partial charge in [0.15, 0.2) is 6.29 Å². The molecule has 2 aromatic heterocycles. The third kappa shape index (κ3) is 6.07. The van der Waals surface area contributed by atoms with Crippen LogP contribution in [0.15, 0.2) is 35.4 Å². The molecule has 1 saturated heterocycles. The second-order valence-corrected chi connectivity index (χ2v) is 10.8. The molecule has 0 spiro atoms. The summed E-state index contributed by atoms with van der Waals surface area (Å²) in [6.45, 7) is 7.28. The number of carbonyl (C=O) groups is 2. The SMILES string of the molecule is CN1CCN(c2ccccc2F)CC1.Cc1c(C=O)sc2ncn(C(C)C(=O)NC3CCCC3)c(=O)c12. The monoisotopic (exact) mass is 527 g/mol. The highest BCUT2D eigenvalue weighted by Crippen LogP contribution is 2.26.